The molecular weight excluding hydrogens is 248 g/mol. The van der Waals surface area contributed by atoms with Crippen LogP contribution < -0.4 is 10.1 Å². The zero-order valence-corrected chi connectivity index (χ0v) is 12.6. The second kappa shape index (κ2) is 6.06. The monoisotopic (exact) mass is 270 g/mol. The molecule has 106 valence electrons. The van der Waals surface area contributed by atoms with E-state index in [9.17, 15) is 0 Å². The number of pyridine rings is 1. The highest BCUT2D eigenvalue weighted by molar-refractivity contribution is 5.40. The summed E-state index contributed by atoms with van der Waals surface area (Å²) in [6, 6.07) is 12.1. The van der Waals surface area contributed by atoms with Crippen molar-refractivity contribution in [2.45, 2.75) is 32.7 Å². The van der Waals surface area contributed by atoms with Gasteiger partial charge in [0.15, 0.2) is 0 Å². The number of ether oxygens (including phenoxy) is 1. The van der Waals surface area contributed by atoms with Gasteiger partial charge in [-0.15, -0.1) is 0 Å². The molecule has 0 radical (unpaired) electrons. The lowest BCUT2D eigenvalue weighted by atomic mass is 9.86. The number of para-hydroxylation sites is 1. The first-order valence-electron chi connectivity index (χ1n) is 6.87. The van der Waals surface area contributed by atoms with Crippen LogP contribution in [0.15, 0.2) is 42.6 Å². The second-order valence-electron chi connectivity index (χ2n) is 5.88. The molecule has 0 spiro atoms. The van der Waals surface area contributed by atoms with Crippen LogP contribution in [0.5, 0.6) is 11.6 Å². The summed E-state index contributed by atoms with van der Waals surface area (Å²) >= 11 is 0. The summed E-state index contributed by atoms with van der Waals surface area (Å²) in [6.07, 6.45) is 1.78. The Morgan fingerprint density at radius 2 is 1.90 bits per heavy atom. The molecule has 3 heteroatoms. The minimum Gasteiger partial charge on any atom is -0.439 e. The van der Waals surface area contributed by atoms with Crippen molar-refractivity contribution in [3.63, 3.8) is 0 Å². The topological polar surface area (TPSA) is 34.2 Å². The minimum absolute atomic E-state index is 0.0409. The third kappa shape index (κ3) is 3.58. The van der Waals surface area contributed by atoms with Crippen molar-refractivity contribution >= 4 is 0 Å². The van der Waals surface area contributed by atoms with Crippen LogP contribution in [0.3, 0.4) is 0 Å². The lowest BCUT2D eigenvalue weighted by Gasteiger charge is -2.22. The average Bonchev–Trinajstić information content (AvgIpc) is 2.39. The Morgan fingerprint density at radius 3 is 2.60 bits per heavy atom. The van der Waals surface area contributed by atoms with Gasteiger partial charge in [0.1, 0.15) is 5.75 Å². The number of hydrogen-bond acceptors (Lipinski definition) is 3. The maximum atomic E-state index is 5.98. The standard InChI is InChI=1S/C17H22N2O/c1-17(2,3)14-7-5-6-8-15(14)20-16-11-13(12-18-4)9-10-19-16/h5-11,18H,12H2,1-4H3. The zero-order valence-electron chi connectivity index (χ0n) is 12.6. The zero-order chi connectivity index (χ0) is 14.6. The molecule has 1 aromatic heterocycles. The molecule has 0 saturated carbocycles. The summed E-state index contributed by atoms with van der Waals surface area (Å²) in [4.78, 5) is 4.29. The van der Waals surface area contributed by atoms with Gasteiger partial charge < -0.3 is 10.1 Å². The molecule has 2 aromatic rings. The Labute approximate surface area is 121 Å². The van der Waals surface area contributed by atoms with Gasteiger partial charge in [0.05, 0.1) is 0 Å². The highest BCUT2D eigenvalue weighted by Crippen LogP contribution is 2.33. The van der Waals surface area contributed by atoms with Crippen LogP contribution in [-0.4, -0.2) is 12.0 Å². The first-order valence-corrected chi connectivity index (χ1v) is 6.87. The molecule has 0 aliphatic carbocycles. The molecule has 1 aromatic carbocycles. The van der Waals surface area contributed by atoms with Crippen LogP contribution in [0.2, 0.25) is 0 Å². The molecule has 0 atom stereocenters. The van der Waals surface area contributed by atoms with E-state index in [1.807, 2.05) is 37.4 Å². The Bertz CT molecular complexity index is 573. The van der Waals surface area contributed by atoms with E-state index in [0.717, 1.165) is 17.9 Å². The molecule has 0 saturated heterocycles. The predicted octanol–water partition coefficient (Wildman–Crippen LogP) is 3.89. The fraction of sp³-hybridized carbons (Fsp3) is 0.353. The van der Waals surface area contributed by atoms with Crippen molar-refractivity contribution in [3.05, 3.63) is 53.7 Å². The largest absolute Gasteiger partial charge is 0.439 e. The van der Waals surface area contributed by atoms with Gasteiger partial charge in [-0.25, -0.2) is 4.98 Å². The Hall–Kier alpha value is -1.87. The maximum Gasteiger partial charge on any atom is 0.219 e. The third-order valence-electron chi connectivity index (χ3n) is 3.09. The summed E-state index contributed by atoms with van der Waals surface area (Å²) in [5.74, 6) is 1.50. The fourth-order valence-corrected chi connectivity index (χ4v) is 2.11. The van der Waals surface area contributed by atoms with E-state index in [0.29, 0.717) is 5.88 Å². The Morgan fingerprint density at radius 1 is 1.15 bits per heavy atom. The van der Waals surface area contributed by atoms with E-state index >= 15 is 0 Å². The molecule has 3 nitrogen and oxygen atoms in total. The van der Waals surface area contributed by atoms with Crippen LogP contribution in [0.4, 0.5) is 0 Å². The number of nitrogens with zero attached hydrogens (tertiary/aromatic N) is 1. The van der Waals surface area contributed by atoms with Gasteiger partial charge in [-0.3, -0.25) is 0 Å². The van der Waals surface area contributed by atoms with Crippen molar-refractivity contribution in [3.8, 4) is 11.6 Å². The van der Waals surface area contributed by atoms with E-state index in [1.165, 1.54) is 5.56 Å². The van der Waals surface area contributed by atoms with E-state index < -0.39 is 0 Å². The quantitative estimate of drug-likeness (QED) is 0.915. The first-order chi connectivity index (χ1) is 9.50. The van der Waals surface area contributed by atoms with Crippen LogP contribution in [0, 0.1) is 0 Å². The lowest BCUT2D eigenvalue weighted by Crippen LogP contribution is -2.12. The highest BCUT2D eigenvalue weighted by atomic mass is 16.5. The minimum atomic E-state index is 0.0409. The number of benzene rings is 1. The van der Waals surface area contributed by atoms with Gasteiger partial charge in [-0.2, -0.15) is 0 Å². The summed E-state index contributed by atoms with van der Waals surface area (Å²) in [5.41, 5.74) is 2.38. The number of rotatable bonds is 4. The van der Waals surface area contributed by atoms with Crippen molar-refractivity contribution in [2.75, 3.05) is 7.05 Å². The van der Waals surface area contributed by atoms with Crippen LogP contribution in [0.1, 0.15) is 31.9 Å². The average molecular weight is 270 g/mol. The van der Waals surface area contributed by atoms with Gasteiger partial charge in [0.2, 0.25) is 5.88 Å². The SMILES string of the molecule is CNCc1ccnc(Oc2ccccc2C(C)(C)C)c1. The van der Waals surface area contributed by atoms with E-state index in [2.05, 4.69) is 37.1 Å². The predicted molar refractivity (Wildman–Crippen MR) is 82.2 cm³/mol. The van der Waals surface area contributed by atoms with E-state index in [4.69, 9.17) is 4.74 Å². The first kappa shape index (κ1) is 14.5. The van der Waals surface area contributed by atoms with Crippen molar-refractivity contribution in [1.29, 1.82) is 0 Å². The Balaban J connectivity index is 2.28. The fourth-order valence-electron chi connectivity index (χ4n) is 2.11. The smallest absolute Gasteiger partial charge is 0.219 e. The molecule has 20 heavy (non-hydrogen) atoms. The number of aromatic nitrogens is 1. The van der Waals surface area contributed by atoms with Gasteiger partial charge in [-0.05, 0) is 30.2 Å². The van der Waals surface area contributed by atoms with E-state index in [-0.39, 0.29) is 5.41 Å². The summed E-state index contributed by atoms with van der Waals surface area (Å²) in [5, 5.41) is 3.13. The summed E-state index contributed by atoms with van der Waals surface area (Å²) < 4.78 is 5.98. The summed E-state index contributed by atoms with van der Waals surface area (Å²) in [7, 11) is 1.93. The van der Waals surface area contributed by atoms with Gasteiger partial charge >= 0.3 is 0 Å². The normalized spacial score (nSPS) is 11.4. The highest BCUT2D eigenvalue weighted by Gasteiger charge is 2.18. The van der Waals surface area contributed by atoms with Gasteiger partial charge in [-0.1, -0.05) is 39.0 Å². The third-order valence-corrected chi connectivity index (χ3v) is 3.09. The molecular formula is C17H22N2O. The van der Waals surface area contributed by atoms with E-state index in [1.54, 1.807) is 6.20 Å². The van der Waals surface area contributed by atoms with Crippen LogP contribution in [-0.2, 0) is 12.0 Å². The van der Waals surface area contributed by atoms with Crippen molar-refractivity contribution in [2.24, 2.45) is 0 Å². The lowest BCUT2D eigenvalue weighted by molar-refractivity contribution is 0.439. The molecule has 1 N–H and O–H groups in total. The maximum absolute atomic E-state index is 5.98. The van der Waals surface area contributed by atoms with Gasteiger partial charge in [0.25, 0.3) is 0 Å². The second-order valence-corrected chi connectivity index (χ2v) is 5.88. The van der Waals surface area contributed by atoms with Crippen LogP contribution >= 0.6 is 0 Å². The molecule has 0 aliphatic rings. The van der Waals surface area contributed by atoms with Crippen LogP contribution in [0.25, 0.3) is 0 Å². The van der Waals surface area contributed by atoms with Crippen molar-refractivity contribution in [1.82, 2.24) is 10.3 Å². The molecule has 2 rings (SSSR count). The molecule has 0 aliphatic heterocycles. The summed E-state index contributed by atoms with van der Waals surface area (Å²) in [6.45, 7) is 7.35. The molecule has 0 bridgehead atoms. The number of nitrogens with one attached hydrogen (secondary N) is 1. The molecule has 0 amide bonds. The Kier molecular flexibility index (Phi) is 4.40. The molecule has 1 heterocycles. The van der Waals surface area contributed by atoms with Crippen molar-refractivity contribution < 1.29 is 4.74 Å². The molecule has 0 unspecified atom stereocenters. The number of hydrogen-bond donors (Lipinski definition) is 1. The molecule has 0 fully saturated rings. The van der Waals surface area contributed by atoms with Gasteiger partial charge in [0, 0.05) is 24.4 Å².